The van der Waals surface area contributed by atoms with Gasteiger partial charge in [0.1, 0.15) is 5.75 Å². The summed E-state index contributed by atoms with van der Waals surface area (Å²) in [7, 11) is 0. The van der Waals surface area contributed by atoms with Crippen LogP contribution < -0.4 is 0 Å². The molecule has 2 aliphatic rings. The molecule has 1 N–H and O–H groups in total. The highest BCUT2D eigenvalue weighted by atomic mass is 16.3. The van der Waals surface area contributed by atoms with E-state index in [-0.39, 0.29) is 0 Å². The van der Waals surface area contributed by atoms with E-state index >= 15 is 0 Å². The molecule has 1 fully saturated rings. The van der Waals surface area contributed by atoms with Gasteiger partial charge in [-0.3, -0.25) is 0 Å². The first-order chi connectivity index (χ1) is 11.1. The summed E-state index contributed by atoms with van der Waals surface area (Å²) in [5.74, 6) is 2.03. The number of hydrogen-bond acceptors (Lipinski definition) is 1. The zero-order valence-corrected chi connectivity index (χ0v) is 14.4. The fourth-order valence-corrected chi connectivity index (χ4v) is 5.52. The van der Waals surface area contributed by atoms with Crippen molar-refractivity contribution >= 4 is 10.8 Å². The van der Waals surface area contributed by atoms with E-state index in [4.69, 9.17) is 0 Å². The van der Waals surface area contributed by atoms with Crippen molar-refractivity contribution in [3.63, 3.8) is 0 Å². The van der Waals surface area contributed by atoms with Gasteiger partial charge in [-0.2, -0.15) is 0 Å². The highest BCUT2D eigenvalue weighted by Gasteiger charge is 2.48. The monoisotopic (exact) mass is 308 g/mol. The molecule has 2 aromatic rings. The summed E-state index contributed by atoms with van der Waals surface area (Å²) >= 11 is 0. The maximum atomic E-state index is 9.74. The van der Waals surface area contributed by atoms with Crippen molar-refractivity contribution in [2.75, 3.05) is 0 Å². The Balaban J connectivity index is 1.75. The Kier molecular flexibility index (Phi) is 3.63. The lowest BCUT2D eigenvalue weighted by Gasteiger charge is -2.42. The molecule has 0 aromatic heterocycles. The number of phenolic OH excluding ortho intramolecular Hbond substituents is 1. The van der Waals surface area contributed by atoms with Crippen molar-refractivity contribution in [2.45, 2.75) is 64.7 Å². The number of rotatable bonds is 3. The standard InChI is InChI=1S/C22H28O/c1-3-4-5-16-7-11-21-20-9-6-15-14-17(23)8-10-18(15)19(20)12-13-22(16,21)2/h6,8-10,14,16,21,23H,3-5,7,11-13H2,1-2H3. The van der Waals surface area contributed by atoms with Gasteiger partial charge in [0.25, 0.3) is 0 Å². The largest absolute Gasteiger partial charge is 0.508 e. The van der Waals surface area contributed by atoms with E-state index in [0.717, 1.165) is 11.8 Å². The maximum Gasteiger partial charge on any atom is 0.116 e. The summed E-state index contributed by atoms with van der Waals surface area (Å²) in [6, 6.07) is 10.5. The van der Waals surface area contributed by atoms with Crippen LogP contribution in [0, 0.1) is 11.3 Å². The van der Waals surface area contributed by atoms with E-state index in [1.54, 1.807) is 11.1 Å². The first kappa shape index (κ1) is 15.1. The van der Waals surface area contributed by atoms with Crippen LogP contribution in [0.25, 0.3) is 10.8 Å². The van der Waals surface area contributed by atoms with E-state index in [9.17, 15) is 5.11 Å². The molecule has 1 nitrogen and oxygen atoms in total. The summed E-state index contributed by atoms with van der Waals surface area (Å²) < 4.78 is 0. The zero-order chi connectivity index (χ0) is 16.0. The van der Waals surface area contributed by atoms with Gasteiger partial charge in [-0.25, -0.2) is 0 Å². The summed E-state index contributed by atoms with van der Waals surface area (Å²) in [6.45, 7) is 4.88. The van der Waals surface area contributed by atoms with Gasteiger partial charge < -0.3 is 5.11 Å². The lowest BCUT2D eigenvalue weighted by atomic mass is 9.62. The number of aryl methyl sites for hydroxylation is 1. The maximum absolute atomic E-state index is 9.74. The van der Waals surface area contributed by atoms with Crippen LogP contribution in [0.2, 0.25) is 0 Å². The van der Waals surface area contributed by atoms with Crippen molar-refractivity contribution < 1.29 is 5.11 Å². The minimum absolute atomic E-state index is 0.374. The number of unbranched alkanes of at least 4 members (excludes halogenated alkanes) is 1. The number of aromatic hydroxyl groups is 1. The molecule has 1 saturated carbocycles. The second-order valence-electron chi connectivity index (χ2n) is 8.01. The summed E-state index contributed by atoms with van der Waals surface area (Å²) in [4.78, 5) is 0. The normalized spacial score (nSPS) is 29.5. The second kappa shape index (κ2) is 5.54. The minimum Gasteiger partial charge on any atom is -0.508 e. The summed E-state index contributed by atoms with van der Waals surface area (Å²) in [5.41, 5.74) is 3.67. The Labute approximate surface area is 139 Å². The number of hydrogen-bond donors (Lipinski definition) is 1. The third-order valence-electron chi connectivity index (χ3n) is 6.88. The summed E-state index contributed by atoms with van der Waals surface area (Å²) in [6.07, 6.45) is 9.43. The van der Waals surface area contributed by atoms with Crippen LogP contribution in [0.1, 0.15) is 69.4 Å². The molecule has 122 valence electrons. The molecule has 3 atom stereocenters. The molecule has 0 aliphatic heterocycles. The molecule has 2 aliphatic carbocycles. The zero-order valence-electron chi connectivity index (χ0n) is 14.4. The Morgan fingerprint density at radius 2 is 2.04 bits per heavy atom. The molecule has 3 unspecified atom stereocenters. The van der Waals surface area contributed by atoms with Gasteiger partial charge >= 0.3 is 0 Å². The first-order valence-corrected chi connectivity index (χ1v) is 9.38. The quantitative estimate of drug-likeness (QED) is 0.717. The molecular formula is C22H28O. The van der Waals surface area contributed by atoms with Crippen LogP contribution in [0.15, 0.2) is 30.3 Å². The molecule has 23 heavy (non-hydrogen) atoms. The van der Waals surface area contributed by atoms with Crippen molar-refractivity contribution in [2.24, 2.45) is 11.3 Å². The van der Waals surface area contributed by atoms with Gasteiger partial charge in [-0.15, -0.1) is 0 Å². The second-order valence-corrected chi connectivity index (χ2v) is 8.01. The average Bonchev–Trinajstić information content (AvgIpc) is 2.89. The molecule has 0 heterocycles. The third-order valence-corrected chi connectivity index (χ3v) is 6.88. The van der Waals surface area contributed by atoms with Gasteiger partial charge in [0.15, 0.2) is 0 Å². The van der Waals surface area contributed by atoms with E-state index < -0.39 is 0 Å². The lowest BCUT2D eigenvalue weighted by Crippen LogP contribution is -2.32. The van der Waals surface area contributed by atoms with Crippen molar-refractivity contribution in [3.05, 3.63) is 41.5 Å². The number of benzene rings is 2. The van der Waals surface area contributed by atoms with Crippen LogP contribution in [0.3, 0.4) is 0 Å². The van der Waals surface area contributed by atoms with E-state index in [1.807, 2.05) is 12.1 Å². The Hall–Kier alpha value is -1.50. The van der Waals surface area contributed by atoms with Crippen molar-refractivity contribution in [3.8, 4) is 5.75 Å². The topological polar surface area (TPSA) is 20.2 Å². The molecule has 0 bridgehead atoms. The molecule has 0 radical (unpaired) electrons. The predicted octanol–water partition coefficient (Wildman–Crippen LogP) is 6.18. The molecule has 0 spiro atoms. The van der Waals surface area contributed by atoms with Gasteiger partial charge in [0, 0.05) is 0 Å². The van der Waals surface area contributed by atoms with Gasteiger partial charge in [-0.05, 0) is 83.4 Å². The van der Waals surface area contributed by atoms with Crippen LogP contribution in [-0.2, 0) is 6.42 Å². The SMILES string of the molecule is CCCCC1CCC2c3ccc4cc(O)ccc4c3CCC12C. The Morgan fingerprint density at radius 1 is 1.17 bits per heavy atom. The lowest BCUT2D eigenvalue weighted by molar-refractivity contribution is 0.162. The molecule has 0 amide bonds. The minimum atomic E-state index is 0.374. The summed E-state index contributed by atoms with van der Waals surface area (Å²) in [5, 5.41) is 12.3. The van der Waals surface area contributed by atoms with Crippen LogP contribution in [0.4, 0.5) is 0 Å². The first-order valence-electron chi connectivity index (χ1n) is 9.38. The molecule has 1 heteroatoms. The number of fused-ring (bicyclic) bond motifs is 5. The van der Waals surface area contributed by atoms with E-state index in [1.165, 1.54) is 55.7 Å². The predicted molar refractivity (Wildman–Crippen MR) is 97.0 cm³/mol. The van der Waals surface area contributed by atoms with E-state index in [2.05, 4.69) is 32.0 Å². The van der Waals surface area contributed by atoms with Crippen LogP contribution in [0.5, 0.6) is 5.75 Å². The fraction of sp³-hybridized carbons (Fsp3) is 0.545. The third kappa shape index (κ3) is 2.28. The smallest absolute Gasteiger partial charge is 0.116 e. The average molecular weight is 308 g/mol. The van der Waals surface area contributed by atoms with Crippen molar-refractivity contribution in [1.82, 2.24) is 0 Å². The van der Waals surface area contributed by atoms with Gasteiger partial charge in [0.2, 0.25) is 0 Å². The number of phenols is 1. The molecule has 0 saturated heterocycles. The van der Waals surface area contributed by atoms with Crippen LogP contribution in [-0.4, -0.2) is 5.11 Å². The van der Waals surface area contributed by atoms with Crippen molar-refractivity contribution in [1.29, 1.82) is 0 Å². The Morgan fingerprint density at radius 3 is 2.87 bits per heavy atom. The fourth-order valence-electron chi connectivity index (χ4n) is 5.52. The van der Waals surface area contributed by atoms with E-state index in [0.29, 0.717) is 11.2 Å². The van der Waals surface area contributed by atoms with Gasteiger partial charge in [-0.1, -0.05) is 44.9 Å². The molecule has 2 aromatic carbocycles. The Bertz CT molecular complexity index is 732. The highest BCUT2D eigenvalue weighted by Crippen LogP contribution is 2.60. The molecule has 4 rings (SSSR count). The van der Waals surface area contributed by atoms with Gasteiger partial charge in [0.05, 0.1) is 0 Å². The van der Waals surface area contributed by atoms with Crippen LogP contribution >= 0.6 is 0 Å². The highest BCUT2D eigenvalue weighted by molar-refractivity contribution is 5.88. The molecular weight excluding hydrogens is 280 g/mol.